The van der Waals surface area contributed by atoms with E-state index in [1.54, 1.807) is 16.2 Å². The number of sulfone groups is 1. The van der Waals surface area contributed by atoms with Gasteiger partial charge in [-0.1, -0.05) is 13.8 Å². The largest absolute Gasteiger partial charge is 0.452 e. The zero-order valence-corrected chi connectivity index (χ0v) is 18.4. The van der Waals surface area contributed by atoms with Crippen molar-refractivity contribution in [3.05, 3.63) is 21.4 Å². The van der Waals surface area contributed by atoms with Crippen molar-refractivity contribution in [2.45, 2.75) is 65.0 Å². The zero-order chi connectivity index (χ0) is 20.5. The topological polar surface area (TPSA) is 80.8 Å². The Labute approximate surface area is 171 Å². The predicted octanol–water partition coefficient (Wildman–Crippen LogP) is 2.84. The predicted molar refractivity (Wildman–Crippen MR) is 109 cm³/mol. The summed E-state index contributed by atoms with van der Waals surface area (Å²) in [5.41, 5.74) is 1.65. The number of carbonyl (C=O) groups is 2. The fourth-order valence-electron chi connectivity index (χ4n) is 4.13. The van der Waals surface area contributed by atoms with Crippen molar-refractivity contribution in [2.75, 3.05) is 18.1 Å². The number of nitrogens with zero attached hydrogens (tertiary/aromatic N) is 1. The van der Waals surface area contributed by atoms with E-state index >= 15 is 0 Å². The van der Waals surface area contributed by atoms with Crippen LogP contribution in [0.5, 0.6) is 0 Å². The van der Waals surface area contributed by atoms with Gasteiger partial charge in [-0.3, -0.25) is 4.79 Å². The molecule has 0 spiro atoms. The Morgan fingerprint density at radius 3 is 2.75 bits per heavy atom. The van der Waals surface area contributed by atoms with Gasteiger partial charge in [-0.2, -0.15) is 0 Å². The Bertz CT molecular complexity index is 845. The minimum Gasteiger partial charge on any atom is -0.452 e. The highest BCUT2D eigenvalue weighted by atomic mass is 32.2. The molecule has 1 aromatic rings. The molecule has 1 aliphatic carbocycles. The van der Waals surface area contributed by atoms with Gasteiger partial charge in [-0.15, -0.1) is 11.3 Å². The van der Waals surface area contributed by atoms with E-state index in [9.17, 15) is 18.0 Å². The first kappa shape index (κ1) is 21.3. The summed E-state index contributed by atoms with van der Waals surface area (Å²) in [5, 5.41) is 1.84. The van der Waals surface area contributed by atoms with E-state index in [1.165, 1.54) is 4.88 Å². The molecule has 1 fully saturated rings. The van der Waals surface area contributed by atoms with Gasteiger partial charge in [-0.05, 0) is 50.5 Å². The number of hydrogen-bond acceptors (Lipinski definition) is 6. The van der Waals surface area contributed by atoms with Crippen LogP contribution in [0, 0.1) is 5.92 Å². The van der Waals surface area contributed by atoms with Gasteiger partial charge in [0.1, 0.15) is 0 Å². The smallest absolute Gasteiger partial charge is 0.339 e. The summed E-state index contributed by atoms with van der Waals surface area (Å²) in [4.78, 5) is 28.2. The molecule has 0 N–H and O–H groups in total. The third-order valence-corrected chi connectivity index (χ3v) is 8.71. The summed E-state index contributed by atoms with van der Waals surface area (Å²) in [6, 6.07) is -0.429. The molecule has 8 heteroatoms. The van der Waals surface area contributed by atoms with Crippen molar-refractivity contribution < 1.29 is 22.7 Å². The Kier molecular flexibility index (Phi) is 6.49. The van der Waals surface area contributed by atoms with E-state index in [1.807, 2.05) is 19.2 Å². The van der Waals surface area contributed by atoms with E-state index in [0.29, 0.717) is 24.3 Å². The summed E-state index contributed by atoms with van der Waals surface area (Å²) in [6.07, 6.45) is 4.08. The van der Waals surface area contributed by atoms with Crippen LogP contribution in [0.2, 0.25) is 0 Å². The van der Waals surface area contributed by atoms with Crippen LogP contribution >= 0.6 is 11.3 Å². The van der Waals surface area contributed by atoms with Gasteiger partial charge >= 0.3 is 5.97 Å². The standard InChI is InChI=1S/C20H29NO5S2/c1-4-14(3)21(15-7-8-28(24,25)12-15)19(22)10-26-20(23)17-11-27-18-9-13(2)5-6-16(17)18/h11,13-15H,4-10,12H2,1-3H3/t13-,14-,15+/m0/s1. The molecule has 6 nitrogen and oxygen atoms in total. The third kappa shape index (κ3) is 4.59. The Morgan fingerprint density at radius 1 is 1.36 bits per heavy atom. The second kappa shape index (κ2) is 8.53. The van der Waals surface area contributed by atoms with E-state index < -0.39 is 15.8 Å². The van der Waals surface area contributed by atoms with E-state index in [-0.39, 0.29) is 36.1 Å². The molecule has 2 aliphatic rings. The van der Waals surface area contributed by atoms with Gasteiger partial charge in [0.25, 0.3) is 5.91 Å². The van der Waals surface area contributed by atoms with Crippen molar-refractivity contribution in [3.8, 4) is 0 Å². The van der Waals surface area contributed by atoms with Crippen molar-refractivity contribution in [1.29, 1.82) is 0 Å². The van der Waals surface area contributed by atoms with E-state index in [0.717, 1.165) is 24.8 Å². The number of hydrogen-bond donors (Lipinski definition) is 0. The molecule has 0 bridgehead atoms. The molecule has 0 unspecified atom stereocenters. The molecule has 0 saturated carbocycles. The van der Waals surface area contributed by atoms with Gasteiger partial charge in [0, 0.05) is 22.3 Å². The Morgan fingerprint density at radius 2 is 2.11 bits per heavy atom. The third-order valence-electron chi connectivity index (χ3n) is 5.90. The minimum atomic E-state index is -3.10. The highest BCUT2D eigenvalue weighted by molar-refractivity contribution is 7.91. The fourth-order valence-corrected chi connectivity index (χ4v) is 7.07. The minimum absolute atomic E-state index is 0.00670. The van der Waals surface area contributed by atoms with Crippen LogP contribution in [0.4, 0.5) is 0 Å². The van der Waals surface area contributed by atoms with Gasteiger partial charge in [0.05, 0.1) is 17.1 Å². The van der Waals surface area contributed by atoms with Gasteiger partial charge < -0.3 is 9.64 Å². The number of rotatable bonds is 6. The number of ether oxygens (including phenoxy) is 1. The maximum Gasteiger partial charge on any atom is 0.339 e. The molecule has 28 heavy (non-hydrogen) atoms. The second-order valence-corrected chi connectivity index (χ2v) is 11.3. The highest BCUT2D eigenvalue weighted by Crippen LogP contribution is 2.33. The number of carbonyl (C=O) groups excluding carboxylic acids is 2. The first-order valence-corrected chi connectivity index (χ1v) is 12.7. The lowest BCUT2D eigenvalue weighted by atomic mass is 9.88. The molecule has 3 rings (SSSR count). The maximum absolute atomic E-state index is 12.8. The number of fused-ring (bicyclic) bond motifs is 1. The molecular formula is C20H29NO5S2. The molecule has 1 amide bonds. The van der Waals surface area contributed by atoms with Crippen LogP contribution in [-0.4, -0.2) is 55.4 Å². The lowest BCUT2D eigenvalue weighted by Crippen LogP contribution is -2.48. The molecule has 1 saturated heterocycles. The average molecular weight is 428 g/mol. The number of esters is 1. The molecule has 156 valence electrons. The van der Waals surface area contributed by atoms with Crippen molar-refractivity contribution >= 4 is 33.1 Å². The maximum atomic E-state index is 12.8. The Balaban J connectivity index is 1.65. The van der Waals surface area contributed by atoms with Crippen LogP contribution in [0.1, 0.15) is 60.8 Å². The van der Waals surface area contributed by atoms with Crippen LogP contribution in [0.3, 0.4) is 0 Å². The first-order chi connectivity index (χ1) is 13.2. The van der Waals surface area contributed by atoms with Crippen LogP contribution in [-0.2, 0) is 32.2 Å². The highest BCUT2D eigenvalue weighted by Gasteiger charge is 2.37. The number of amides is 1. The molecular weight excluding hydrogens is 398 g/mol. The van der Waals surface area contributed by atoms with Crippen LogP contribution in [0.25, 0.3) is 0 Å². The van der Waals surface area contributed by atoms with E-state index in [4.69, 9.17) is 4.74 Å². The molecule has 0 aromatic carbocycles. The molecule has 1 aliphatic heterocycles. The molecule has 3 atom stereocenters. The first-order valence-electron chi connectivity index (χ1n) is 9.99. The summed E-state index contributed by atoms with van der Waals surface area (Å²) in [5.74, 6) is -0.0425. The second-order valence-electron chi connectivity index (χ2n) is 8.09. The van der Waals surface area contributed by atoms with E-state index in [2.05, 4.69) is 6.92 Å². The summed E-state index contributed by atoms with van der Waals surface area (Å²) in [7, 11) is -3.10. The quantitative estimate of drug-likeness (QED) is 0.652. The Hall–Kier alpha value is -1.41. The lowest BCUT2D eigenvalue weighted by Gasteiger charge is -2.33. The van der Waals surface area contributed by atoms with Crippen molar-refractivity contribution in [1.82, 2.24) is 4.90 Å². The SMILES string of the molecule is CC[C@H](C)N(C(=O)COC(=O)c1csc2c1CC[C@H](C)C2)[C@@H]1CCS(=O)(=O)C1. The molecule has 1 aromatic heterocycles. The van der Waals surface area contributed by atoms with Gasteiger partial charge in [0.2, 0.25) is 0 Å². The average Bonchev–Trinajstić information content (AvgIpc) is 3.22. The fraction of sp³-hybridized carbons (Fsp3) is 0.700. The van der Waals surface area contributed by atoms with Crippen LogP contribution in [0.15, 0.2) is 5.38 Å². The van der Waals surface area contributed by atoms with Gasteiger partial charge in [-0.25, -0.2) is 13.2 Å². The van der Waals surface area contributed by atoms with Gasteiger partial charge in [0.15, 0.2) is 16.4 Å². The van der Waals surface area contributed by atoms with Crippen molar-refractivity contribution in [2.24, 2.45) is 5.92 Å². The summed E-state index contributed by atoms with van der Waals surface area (Å²) >= 11 is 1.59. The molecule has 2 heterocycles. The summed E-state index contributed by atoms with van der Waals surface area (Å²) < 4.78 is 29.0. The monoisotopic (exact) mass is 427 g/mol. The zero-order valence-electron chi connectivity index (χ0n) is 16.8. The number of thiophene rings is 1. The van der Waals surface area contributed by atoms with Crippen LogP contribution < -0.4 is 0 Å². The summed E-state index contributed by atoms with van der Waals surface area (Å²) in [6.45, 7) is 5.73. The molecule has 0 radical (unpaired) electrons. The normalized spacial score (nSPS) is 24.4. The lowest BCUT2D eigenvalue weighted by molar-refractivity contribution is -0.138. The van der Waals surface area contributed by atoms with Crippen molar-refractivity contribution in [3.63, 3.8) is 0 Å².